The van der Waals surface area contributed by atoms with E-state index in [4.69, 9.17) is 14.2 Å². The van der Waals surface area contributed by atoms with E-state index < -0.39 is 5.97 Å². The molecule has 1 aliphatic heterocycles. The fourth-order valence-corrected chi connectivity index (χ4v) is 2.46. The molecular formula is C17H24N2O5. The summed E-state index contributed by atoms with van der Waals surface area (Å²) in [5.41, 5.74) is 0.472. The molecule has 0 bridgehead atoms. The fraction of sp³-hybridized carbons (Fsp3) is 0.529. The Morgan fingerprint density at radius 2 is 1.92 bits per heavy atom. The zero-order chi connectivity index (χ0) is 17.9. The van der Waals surface area contributed by atoms with Crippen molar-refractivity contribution in [3.8, 4) is 5.75 Å². The Bertz CT molecular complexity index is 623. The van der Waals surface area contributed by atoms with Crippen molar-refractivity contribution >= 4 is 17.7 Å². The van der Waals surface area contributed by atoms with Gasteiger partial charge in [0, 0.05) is 7.11 Å². The summed E-state index contributed by atoms with van der Waals surface area (Å²) in [4.78, 5) is 25.7. The quantitative estimate of drug-likeness (QED) is 0.836. The second-order valence-corrected chi connectivity index (χ2v) is 6.31. The molecular weight excluding hydrogens is 312 g/mol. The highest BCUT2D eigenvalue weighted by Gasteiger charge is 2.41. The van der Waals surface area contributed by atoms with Gasteiger partial charge < -0.3 is 24.4 Å². The van der Waals surface area contributed by atoms with E-state index >= 15 is 0 Å². The highest BCUT2D eigenvalue weighted by Crippen LogP contribution is 2.29. The predicted molar refractivity (Wildman–Crippen MR) is 89.6 cm³/mol. The van der Waals surface area contributed by atoms with Crippen LogP contribution in [0, 0.1) is 0 Å². The topological polar surface area (TPSA) is 77.1 Å². The van der Waals surface area contributed by atoms with E-state index in [-0.39, 0.29) is 17.7 Å². The van der Waals surface area contributed by atoms with Gasteiger partial charge in [0.2, 0.25) is 0 Å². The zero-order valence-electron chi connectivity index (χ0n) is 14.7. The first-order valence-corrected chi connectivity index (χ1v) is 7.78. The Morgan fingerprint density at radius 3 is 2.46 bits per heavy atom. The molecule has 0 radical (unpaired) electrons. The summed E-state index contributed by atoms with van der Waals surface area (Å²) in [6.07, 6.45) is -0.0644. The Labute approximate surface area is 141 Å². The first-order chi connectivity index (χ1) is 11.3. The average Bonchev–Trinajstić information content (AvgIpc) is 2.52. The summed E-state index contributed by atoms with van der Waals surface area (Å²) in [6.45, 7) is 6.74. The molecule has 1 fully saturated rings. The number of amides is 2. The van der Waals surface area contributed by atoms with Crippen LogP contribution in [0.3, 0.4) is 0 Å². The van der Waals surface area contributed by atoms with Crippen LogP contribution >= 0.6 is 0 Å². The molecule has 1 heterocycles. The van der Waals surface area contributed by atoms with Crippen molar-refractivity contribution < 1.29 is 23.8 Å². The second-order valence-electron chi connectivity index (χ2n) is 6.31. The van der Waals surface area contributed by atoms with Crippen molar-refractivity contribution in [1.29, 1.82) is 0 Å². The molecule has 0 saturated carbocycles. The van der Waals surface area contributed by atoms with Gasteiger partial charge in [0.25, 0.3) is 0 Å². The largest absolute Gasteiger partial charge is 0.489 e. The van der Waals surface area contributed by atoms with Crippen LogP contribution in [0.5, 0.6) is 5.75 Å². The monoisotopic (exact) mass is 336 g/mol. The molecule has 1 aromatic carbocycles. The maximum atomic E-state index is 12.4. The summed E-state index contributed by atoms with van der Waals surface area (Å²) in [5, 5.41) is 2.80. The minimum atomic E-state index is -0.475. The second kappa shape index (κ2) is 7.09. The zero-order valence-corrected chi connectivity index (χ0v) is 14.7. The van der Waals surface area contributed by atoms with Crippen molar-refractivity contribution in [3.63, 3.8) is 0 Å². The molecule has 0 unspecified atom stereocenters. The van der Waals surface area contributed by atoms with Gasteiger partial charge in [0.15, 0.2) is 0 Å². The predicted octanol–water partition coefficient (Wildman–Crippen LogP) is 2.51. The molecule has 2 amide bonds. The lowest BCUT2D eigenvalue weighted by atomic mass is 9.97. The molecule has 0 atom stereocenters. The summed E-state index contributed by atoms with van der Waals surface area (Å²) in [6, 6.07) is 4.54. The number of ether oxygens (including phenoxy) is 3. The van der Waals surface area contributed by atoms with Crippen LogP contribution in [0.15, 0.2) is 18.2 Å². The number of rotatable bonds is 5. The van der Waals surface area contributed by atoms with E-state index in [2.05, 4.69) is 5.32 Å². The van der Waals surface area contributed by atoms with Crippen LogP contribution in [0.1, 0.15) is 31.1 Å². The van der Waals surface area contributed by atoms with E-state index in [1.165, 1.54) is 7.11 Å². The van der Waals surface area contributed by atoms with Gasteiger partial charge in [-0.1, -0.05) is 0 Å². The fourth-order valence-electron chi connectivity index (χ4n) is 2.46. The number of likely N-dealkylation sites (tertiary alicyclic amines) is 1. The molecule has 7 heteroatoms. The third kappa shape index (κ3) is 3.97. The SMILES string of the molecule is COC(=O)c1ccc(OC(C)C)c(NC(=O)N2CC(C)(OC)C2)c1. The van der Waals surface area contributed by atoms with Crippen LogP contribution < -0.4 is 10.1 Å². The lowest BCUT2D eigenvalue weighted by Gasteiger charge is -2.46. The average molecular weight is 336 g/mol. The molecule has 0 aromatic heterocycles. The normalized spacial score (nSPS) is 15.7. The van der Waals surface area contributed by atoms with Crippen molar-refractivity contribution in [2.24, 2.45) is 0 Å². The van der Waals surface area contributed by atoms with E-state index in [0.717, 1.165) is 0 Å². The maximum Gasteiger partial charge on any atom is 0.337 e. The Kier molecular flexibility index (Phi) is 5.33. The Balaban J connectivity index is 2.16. The molecule has 132 valence electrons. The number of hydrogen-bond acceptors (Lipinski definition) is 5. The van der Waals surface area contributed by atoms with Gasteiger partial charge in [-0.15, -0.1) is 0 Å². The van der Waals surface area contributed by atoms with Gasteiger partial charge in [-0.3, -0.25) is 0 Å². The number of nitrogens with one attached hydrogen (secondary N) is 1. The lowest BCUT2D eigenvalue weighted by molar-refractivity contribution is -0.0891. The number of urea groups is 1. The number of benzene rings is 1. The van der Waals surface area contributed by atoms with Gasteiger partial charge in [-0.25, -0.2) is 9.59 Å². The summed E-state index contributed by atoms with van der Waals surface area (Å²) >= 11 is 0. The van der Waals surface area contributed by atoms with E-state index in [1.807, 2.05) is 20.8 Å². The van der Waals surface area contributed by atoms with Gasteiger partial charge in [-0.2, -0.15) is 0 Å². The molecule has 1 N–H and O–H groups in total. The third-order valence-corrected chi connectivity index (χ3v) is 3.84. The van der Waals surface area contributed by atoms with E-state index in [1.54, 1.807) is 30.2 Å². The third-order valence-electron chi connectivity index (χ3n) is 3.84. The van der Waals surface area contributed by atoms with Crippen LogP contribution in [0.2, 0.25) is 0 Å². The molecule has 2 rings (SSSR count). The van der Waals surface area contributed by atoms with Gasteiger partial charge >= 0.3 is 12.0 Å². The van der Waals surface area contributed by atoms with Crippen molar-refractivity contribution in [2.75, 3.05) is 32.6 Å². The van der Waals surface area contributed by atoms with Crippen LogP contribution in [0.4, 0.5) is 10.5 Å². The van der Waals surface area contributed by atoms with E-state index in [9.17, 15) is 9.59 Å². The number of nitrogens with zero attached hydrogens (tertiary/aromatic N) is 1. The maximum absolute atomic E-state index is 12.4. The van der Waals surface area contributed by atoms with Crippen molar-refractivity contribution in [1.82, 2.24) is 4.90 Å². The molecule has 1 saturated heterocycles. The number of esters is 1. The van der Waals surface area contributed by atoms with Gasteiger partial charge in [0.1, 0.15) is 11.4 Å². The number of carbonyl (C=O) groups excluding carboxylic acids is 2. The molecule has 24 heavy (non-hydrogen) atoms. The molecule has 1 aromatic rings. The number of hydrogen-bond donors (Lipinski definition) is 1. The van der Waals surface area contributed by atoms with Crippen LogP contribution in [0.25, 0.3) is 0 Å². The van der Waals surface area contributed by atoms with Crippen LogP contribution in [-0.2, 0) is 9.47 Å². The minimum Gasteiger partial charge on any atom is -0.489 e. The summed E-state index contributed by atoms with van der Waals surface area (Å²) < 4.78 is 15.8. The van der Waals surface area contributed by atoms with Gasteiger partial charge in [0.05, 0.1) is 37.6 Å². The van der Waals surface area contributed by atoms with E-state index in [0.29, 0.717) is 30.1 Å². The molecule has 1 aliphatic rings. The highest BCUT2D eigenvalue weighted by atomic mass is 16.5. The Hall–Kier alpha value is -2.28. The first kappa shape index (κ1) is 18.1. The standard InChI is InChI=1S/C17H24N2O5/c1-11(2)24-14-7-6-12(15(20)22-4)8-13(14)18-16(21)19-9-17(3,10-19)23-5/h6-8,11H,9-10H2,1-5H3,(H,18,21). The molecule has 0 spiro atoms. The van der Waals surface area contributed by atoms with Crippen molar-refractivity contribution in [2.45, 2.75) is 32.5 Å². The molecule has 0 aliphatic carbocycles. The highest BCUT2D eigenvalue weighted by molar-refractivity contribution is 5.95. The number of methoxy groups -OCH3 is 2. The first-order valence-electron chi connectivity index (χ1n) is 7.78. The Morgan fingerprint density at radius 1 is 1.25 bits per heavy atom. The smallest absolute Gasteiger partial charge is 0.337 e. The number of carbonyl (C=O) groups is 2. The van der Waals surface area contributed by atoms with Crippen molar-refractivity contribution in [3.05, 3.63) is 23.8 Å². The summed E-state index contributed by atoms with van der Waals surface area (Å²) in [5.74, 6) is 0.0264. The van der Waals surface area contributed by atoms with Gasteiger partial charge in [-0.05, 0) is 39.0 Å². The lowest BCUT2D eigenvalue weighted by Crippen LogP contribution is -2.63. The molecule has 7 nitrogen and oxygen atoms in total. The number of anilines is 1. The van der Waals surface area contributed by atoms with Crippen LogP contribution in [-0.4, -0.2) is 55.9 Å². The summed E-state index contributed by atoms with van der Waals surface area (Å²) in [7, 11) is 2.94. The minimum absolute atomic E-state index is 0.0644.